The van der Waals surface area contributed by atoms with Crippen LogP contribution >= 0.6 is 23.4 Å². The van der Waals surface area contributed by atoms with Gasteiger partial charge in [0.1, 0.15) is 5.25 Å². The molecule has 9 heteroatoms. The maximum Gasteiger partial charge on any atom is 0.338 e. The van der Waals surface area contributed by atoms with Gasteiger partial charge in [-0.3, -0.25) is 14.5 Å². The molecule has 2 aromatic rings. The number of carbonyl (C=O) groups excluding carboxylic acids is 3. The van der Waals surface area contributed by atoms with Crippen LogP contribution in [0.1, 0.15) is 36.5 Å². The lowest BCUT2D eigenvalue weighted by molar-refractivity contribution is -0.128. The van der Waals surface area contributed by atoms with Crippen molar-refractivity contribution in [3.8, 4) is 0 Å². The summed E-state index contributed by atoms with van der Waals surface area (Å²) in [5.41, 5.74) is 1.71. The summed E-state index contributed by atoms with van der Waals surface area (Å²) < 4.78 is 5.00. The Balaban J connectivity index is 1.45. The average Bonchev–Trinajstić information content (AvgIpc) is 3.56. The molecule has 1 unspecified atom stereocenters. The number of carbonyl (C=O) groups is 3. The van der Waals surface area contributed by atoms with E-state index in [1.165, 1.54) is 11.8 Å². The third-order valence-electron chi connectivity index (χ3n) is 4.98. The fourth-order valence-electron chi connectivity index (χ4n) is 3.27. The minimum absolute atomic E-state index is 0.0517. The Bertz CT molecular complexity index is 1050. The van der Waals surface area contributed by atoms with Crippen LogP contribution in [-0.4, -0.2) is 45.7 Å². The van der Waals surface area contributed by atoms with Gasteiger partial charge < -0.3 is 10.1 Å². The van der Waals surface area contributed by atoms with E-state index in [0.717, 1.165) is 12.8 Å². The SMILES string of the molecule is CCOC(=O)c1ccc(N=C2SC(CC(=O)Nc3ccc(Cl)cc3)C(=O)N2C2CC2)cc1. The number of nitrogens with one attached hydrogen (secondary N) is 1. The first-order valence-corrected chi connectivity index (χ1v) is 11.6. The number of esters is 1. The maximum atomic E-state index is 13.0. The molecule has 0 aromatic heterocycles. The van der Waals surface area contributed by atoms with Gasteiger partial charge in [-0.15, -0.1) is 0 Å². The van der Waals surface area contributed by atoms with E-state index < -0.39 is 5.25 Å². The molecule has 1 N–H and O–H groups in total. The number of halogens is 1. The van der Waals surface area contributed by atoms with Crippen LogP contribution in [-0.2, 0) is 14.3 Å². The van der Waals surface area contributed by atoms with Crippen molar-refractivity contribution < 1.29 is 19.1 Å². The van der Waals surface area contributed by atoms with Crippen LogP contribution in [0.5, 0.6) is 0 Å². The number of thioether (sulfide) groups is 1. The van der Waals surface area contributed by atoms with Crippen molar-refractivity contribution in [3.63, 3.8) is 0 Å². The van der Waals surface area contributed by atoms with Gasteiger partial charge in [0, 0.05) is 23.2 Å². The van der Waals surface area contributed by atoms with Gasteiger partial charge in [-0.25, -0.2) is 9.79 Å². The van der Waals surface area contributed by atoms with Crippen LogP contribution in [0.15, 0.2) is 53.5 Å². The standard InChI is InChI=1S/C23H22ClN3O4S/c1-2-31-22(30)14-3-7-17(8-4-14)26-23-27(18-11-12-18)21(29)19(32-23)13-20(28)25-16-9-5-15(24)6-10-16/h3-10,18-19H,2,11-13H2,1H3,(H,25,28). The van der Waals surface area contributed by atoms with Crippen molar-refractivity contribution in [1.29, 1.82) is 0 Å². The predicted molar refractivity (Wildman–Crippen MR) is 125 cm³/mol. The molecule has 7 nitrogen and oxygen atoms in total. The van der Waals surface area contributed by atoms with Gasteiger partial charge in [-0.05, 0) is 68.3 Å². The minimum Gasteiger partial charge on any atom is -0.462 e. The van der Waals surface area contributed by atoms with Crippen LogP contribution in [0.2, 0.25) is 5.02 Å². The van der Waals surface area contributed by atoms with Gasteiger partial charge in [0.25, 0.3) is 0 Å². The van der Waals surface area contributed by atoms with E-state index in [0.29, 0.717) is 33.7 Å². The fourth-order valence-corrected chi connectivity index (χ4v) is 4.61. The number of benzene rings is 2. The smallest absolute Gasteiger partial charge is 0.338 e. The molecular formula is C23H22ClN3O4S. The summed E-state index contributed by atoms with van der Waals surface area (Å²) in [7, 11) is 0. The Morgan fingerprint density at radius 2 is 1.84 bits per heavy atom. The van der Waals surface area contributed by atoms with Gasteiger partial charge >= 0.3 is 5.97 Å². The fraction of sp³-hybridized carbons (Fsp3) is 0.304. The van der Waals surface area contributed by atoms with E-state index in [4.69, 9.17) is 16.3 Å². The van der Waals surface area contributed by atoms with Crippen molar-refractivity contribution >= 4 is 57.7 Å². The minimum atomic E-state index is -0.527. The summed E-state index contributed by atoms with van der Waals surface area (Å²) in [6.07, 6.45) is 1.91. The van der Waals surface area contributed by atoms with Gasteiger partial charge in [0.2, 0.25) is 11.8 Å². The third kappa shape index (κ3) is 5.31. The first-order valence-electron chi connectivity index (χ1n) is 10.4. The molecule has 0 spiro atoms. The summed E-state index contributed by atoms with van der Waals surface area (Å²) in [4.78, 5) is 43.7. The average molecular weight is 472 g/mol. The number of anilines is 1. The first-order chi connectivity index (χ1) is 15.4. The summed E-state index contributed by atoms with van der Waals surface area (Å²) in [5, 5.41) is 3.45. The van der Waals surface area contributed by atoms with Crippen LogP contribution in [0.4, 0.5) is 11.4 Å². The number of hydrogen-bond donors (Lipinski definition) is 1. The van der Waals surface area contributed by atoms with E-state index in [9.17, 15) is 14.4 Å². The molecule has 1 aliphatic heterocycles. The Hall–Kier alpha value is -2.84. The summed E-state index contributed by atoms with van der Waals surface area (Å²) in [6.45, 7) is 2.07. The molecule has 1 aliphatic carbocycles. The van der Waals surface area contributed by atoms with Crippen molar-refractivity contribution in [3.05, 3.63) is 59.1 Å². The van der Waals surface area contributed by atoms with Crippen LogP contribution < -0.4 is 5.32 Å². The summed E-state index contributed by atoms with van der Waals surface area (Å²) >= 11 is 7.18. The van der Waals surface area contributed by atoms with Crippen molar-refractivity contribution in [2.75, 3.05) is 11.9 Å². The number of ether oxygens (including phenoxy) is 1. The monoisotopic (exact) mass is 471 g/mol. The van der Waals surface area contributed by atoms with Gasteiger partial charge in [0.05, 0.1) is 17.9 Å². The molecule has 0 bridgehead atoms. The molecule has 0 radical (unpaired) electrons. The van der Waals surface area contributed by atoms with Gasteiger partial charge in [0.15, 0.2) is 5.17 Å². The van der Waals surface area contributed by atoms with Gasteiger partial charge in [-0.1, -0.05) is 23.4 Å². The first kappa shape index (κ1) is 22.4. The molecule has 2 aliphatic rings. The van der Waals surface area contributed by atoms with E-state index in [-0.39, 0.29) is 30.2 Å². The lowest BCUT2D eigenvalue weighted by Crippen LogP contribution is -2.35. The van der Waals surface area contributed by atoms with Gasteiger partial charge in [-0.2, -0.15) is 0 Å². The van der Waals surface area contributed by atoms with Crippen molar-refractivity contribution in [2.24, 2.45) is 4.99 Å². The van der Waals surface area contributed by atoms with Crippen LogP contribution in [0, 0.1) is 0 Å². The number of aliphatic imine (C=N–C) groups is 1. The van der Waals surface area contributed by atoms with Crippen molar-refractivity contribution in [2.45, 2.75) is 37.5 Å². The highest BCUT2D eigenvalue weighted by Crippen LogP contribution is 2.39. The zero-order valence-electron chi connectivity index (χ0n) is 17.4. The molecule has 2 fully saturated rings. The molecule has 4 rings (SSSR count). The Kier molecular flexibility index (Phi) is 6.81. The maximum absolute atomic E-state index is 13.0. The second-order valence-corrected chi connectivity index (χ2v) is 9.07. The number of nitrogens with zero attached hydrogens (tertiary/aromatic N) is 2. The Morgan fingerprint density at radius 3 is 2.47 bits per heavy atom. The van der Waals surface area contributed by atoms with E-state index >= 15 is 0 Å². The molecule has 2 amide bonds. The number of hydrogen-bond acceptors (Lipinski definition) is 6. The highest BCUT2D eigenvalue weighted by molar-refractivity contribution is 8.15. The number of amides is 2. The zero-order valence-corrected chi connectivity index (χ0v) is 19.0. The van der Waals surface area contributed by atoms with E-state index in [2.05, 4.69) is 10.3 Å². The largest absolute Gasteiger partial charge is 0.462 e. The second kappa shape index (κ2) is 9.75. The summed E-state index contributed by atoms with van der Waals surface area (Å²) in [5.74, 6) is -0.719. The predicted octanol–water partition coefficient (Wildman–Crippen LogP) is 4.64. The normalized spacial score (nSPS) is 19.3. The molecule has 1 atom stereocenters. The molecule has 1 saturated carbocycles. The topological polar surface area (TPSA) is 88.1 Å². The van der Waals surface area contributed by atoms with E-state index in [1.807, 2.05) is 0 Å². The lowest BCUT2D eigenvalue weighted by Gasteiger charge is -2.15. The molecule has 32 heavy (non-hydrogen) atoms. The Labute approximate surface area is 195 Å². The molecule has 1 saturated heterocycles. The highest BCUT2D eigenvalue weighted by Gasteiger charge is 2.46. The molecule has 2 aromatic carbocycles. The lowest BCUT2D eigenvalue weighted by atomic mass is 10.2. The quantitative estimate of drug-likeness (QED) is 0.594. The third-order valence-corrected chi connectivity index (χ3v) is 6.38. The van der Waals surface area contributed by atoms with Crippen LogP contribution in [0.3, 0.4) is 0 Å². The highest BCUT2D eigenvalue weighted by atomic mass is 35.5. The second-order valence-electron chi connectivity index (χ2n) is 7.47. The molecule has 1 heterocycles. The van der Waals surface area contributed by atoms with Crippen LogP contribution in [0.25, 0.3) is 0 Å². The number of rotatable bonds is 7. The molecule has 166 valence electrons. The Morgan fingerprint density at radius 1 is 1.16 bits per heavy atom. The van der Waals surface area contributed by atoms with Crippen molar-refractivity contribution in [1.82, 2.24) is 4.90 Å². The molecular weight excluding hydrogens is 450 g/mol. The van der Waals surface area contributed by atoms with E-state index in [1.54, 1.807) is 60.4 Å². The zero-order chi connectivity index (χ0) is 22.7. The number of amidine groups is 1. The summed E-state index contributed by atoms with van der Waals surface area (Å²) in [6, 6.07) is 13.7.